The normalized spacial score (nSPS) is 10.5. The summed E-state index contributed by atoms with van der Waals surface area (Å²) in [6, 6.07) is 13.4. The van der Waals surface area contributed by atoms with Gasteiger partial charge in [0.2, 0.25) is 0 Å². The molecule has 0 amide bonds. The first-order chi connectivity index (χ1) is 13.9. The summed E-state index contributed by atoms with van der Waals surface area (Å²) in [5.41, 5.74) is 1.41. The lowest BCUT2D eigenvalue weighted by Gasteiger charge is -2.12. The molecule has 1 heterocycles. The van der Waals surface area contributed by atoms with Crippen LogP contribution < -0.4 is 10.6 Å². The van der Waals surface area contributed by atoms with Gasteiger partial charge in [-0.3, -0.25) is 0 Å². The molecule has 0 aliphatic carbocycles. The lowest BCUT2D eigenvalue weighted by Crippen LogP contribution is -2.21. The Morgan fingerprint density at radius 1 is 1.17 bits per heavy atom. The zero-order chi connectivity index (χ0) is 21.0. The molecule has 0 aliphatic rings. The van der Waals surface area contributed by atoms with Crippen molar-refractivity contribution in [2.45, 2.75) is 6.42 Å². The molecular formula is C20H15BrF2N2O2S2. The minimum atomic E-state index is -0.801. The molecule has 2 N–H and O–H groups in total. The number of carbonyl (C=O) groups excluding carboxylic acids is 1. The van der Waals surface area contributed by atoms with Gasteiger partial charge in [-0.15, -0.1) is 11.3 Å². The molecule has 29 heavy (non-hydrogen) atoms. The van der Waals surface area contributed by atoms with Crippen LogP contribution in [0.4, 0.5) is 19.5 Å². The Labute approximate surface area is 184 Å². The lowest BCUT2D eigenvalue weighted by atomic mass is 10.1. The fourth-order valence-corrected chi connectivity index (χ4v) is 4.45. The minimum Gasteiger partial charge on any atom is -0.465 e. The Kier molecular flexibility index (Phi) is 6.94. The number of hydrogen-bond acceptors (Lipinski definition) is 4. The van der Waals surface area contributed by atoms with Crippen molar-refractivity contribution in [2.75, 3.05) is 17.7 Å². The molecule has 3 rings (SSSR count). The van der Waals surface area contributed by atoms with Crippen molar-refractivity contribution in [1.29, 1.82) is 0 Å². The molecule has 9 heteroatoms. The molecule has 0 saturated carbocycles. The Hall–Kier alpha value is -2.36. The zero-order valence-electron chi connectivity index (χ0n) is 15.1. The maximum absolute atomic E-state index is 14.0. The van der Waals surface area contributed by atoms with Crippen LogP contribution in [0.15, 0.2) is 53.0 Å². The van der Waals surface area contributed by atoms with E-state index in [0.29, 0.717) is 17.0 Å². The van der Waals surface area contributed by atoms with Crippen LogP contribution in [0.5, 0.6) is 0 Å². The van der Waals surface area contributed by atoms with Crippen molar-refractivity contribution in [3.8, 4) is 0 Å². The molecule has 3 aromatic rings. The molecule has 0 fully saturated rings. The number of thiocarbonyl (C=S) groups is 1. The fraction of sp³-hybridized carbons (Fsp3) is 0.100. The van der Waals surface area contributed by atoms with Crippen molar-refractivity contribution in [3.63, 3.8) is 0 Å². The molecule has 1 aromatic heterocycles. The number of esters is 1. The predicted octanol–water partition coefficient (Wildman–Crippen LogP) is 5.98. The average Bonchev–Trinajstić information content (AvgIpc) is 3.06. The number of rotatable bonds is 5. The SMILES string of the molecule is COC(=O)c1cc(Cc2ccccc2)sc1NC(=S)Nc1c(F)cc(F)cc1Br. The van der Waals surface area contributed by atoms with Crippen molar-refractivity contribution < 1.29 is 18.3 Å². The Morgan fingerprint density at radius 2 is 1.90 bits per heavy atom. The standard InChI is InChI=1S/C20H15BrF2N2O2S2/c1-27-19(26)14-10-13(7-11-5-3-2-4-6-11)29-18(14)25-20(28)24-17-15(21)8-12(22)9-16(17)23/h2-6,8-10H,7H2,1H3,(H2,24,25,28). The summed E-state index contributed by atoms with van der Waals surface area (Å²) in [7, 11) is 1.29. The van der Waals surface area contributed by atoms with E-state index in [1.165, 1.54) is 18.4 Å². The van der Waals surface area contributed by atoms with E-state index >= 15 is 0 Å². The van der Waals surface area contributed by atoms with E-state index in [2.05, 4.69) is 26.6 Å². The Balaban J connectivity index is 1.82. The van der Waals surface area contributed by atoms with Gasteiger partial charge in [0.25, 0.3) is 0 Å². The monoisotopic (exact) mass is 496 g/mol. The topological polar surface area (TPSA) is 50.4 Å². The third kappa shape index (κ3) is 5.37. The van der Waals surface area contributed by atoms with Crippen LogP contribution in [0, 0.1) is 11.6 Å². The predicted molar refractivity (Wildman–Crippen MR) is 119 cm³/mol. The number of hydrogen-bond donors (Lipinski definition) is 2. The van der Waals surface area contributed by atoms with E-state index in [9.17, 15) is 13.6 Å². The first-order valence-corrected chi connectivity index (χ1v) is 10.4. The number of nitrogens with one attached hydrogen (secondary N) is 2. The highest BCUT2D eigenvalue weighted by atomic mass is 79.9. The second-order valence-corrected chi connectivity index (χ2v) is 8.33. The number of benzene rings is 2. The Morgan fingerprint density at radius 3 is 2.55 bits per heavy atom. The van der Waals surface area contributed by atoms with Gasteiger partial charge in [0, 0.05) is 21.8 Å². The van der Waals surface area contributed by atoms with E-state index in [1.54, 1.807) is 6.07 Å². The Bertz CT molecular complexity index is 1030. The molecule has 0 spiro atoms. The molecule has 0 atom stereocenters. The number of thiophene rings is 1. The van der Waals surface area contributed by atoms with Gasteiger partial charge in [0.05, 0.1) is 18.4 Å². The first-order valence-electron chi connectivity index (χ1n) is 8.35. The van der Waals surface area contributed by atoms with Crippen LogP contribution in [0.3, 0.4) is 0 Å². The van der Waals surface area contributed by atoms with E-state index in [1.807, 2.05) is 30.3 Å². The van der Waals surface area contributed by atoms with Crippen molar-refractivity contribution >= 4 is 61.3 Å². The summed E-state index contributed by atoms with van der Waals surface area (Å²) in [6.07, 6.45) is 0.634. The average molecular weight is 497 g/mol. The van der Waals surface area contributed by atoms with Gasteiger partial charge in [-0.1, -0.05) is 30.3 Å². The maximum Gasteiger partial charge on any atom is 0.340 e. The van der Waals surface area contributed by atoms with E-state index in [0.717, 1.165) is 22.6 Å². The molecule has 150 valence electrons. The van der Waals surface area contributed by atoms with Gasteiger partial charge < -0.3 is 15.4 Å². The molecule has 4 nitrogen and oxygen atoms in total. The van der Waals surface area contributed by atoms with Crippen LogP contribution in [-0.4, -0.2) is 18.2 Å². The van der Waals surface area contributed by atoms with Gasteiger partial charge in [-0.2, -0.15) is 0 Å². The molecule has 2 aromatic carbocycles. The smallest absolute Gasteiger partial charge is 0.340 e. The summed E-state index contributed by atoms with van der Waals surface area (Å²) < 4.78 is 32.3. The highest BCUT2D eigenvalue weighted by molar-refractivity contribution is 9.10. The summed E-state index contributed by atoms with van der Waals surface area (Å²) in [5.74, 6) is -2.03. The highest BCUT2D eigenvalue weighted by Gasteiger charge is 2.19. The van der Waals surface area contributed by atoms with Gasteiger partial charge in [0.15, 0.2) is 10.9 Å². The summed E-state index contributed by atoms with van der Waals surface area (Å²) in [5, 5.41) is 6.11. The largest absolute Gasteiger partial charge is 0.465 e. The van der Waals surface area contributed by atoms with Crippen LogP contribution in [0.2, 0.25) is 0 Å². The van der Waals surface area contributed by atoms with Gasteiger partial charge in [-0.05, 0) is 45.8 Å². The van der Waals surface area contributed by atoms with Gasteiger partial charge in [0.1, 0.15) is 10.8 Å². The fourth-order valence-electron chi connectivity index (χ4n) is 2.59. The molecular weight excluding hydrogens is 482 g/mol. The third-order valence-electron chi connectivity index (χ3n) is 3.88. The minimum absolute atomic E-state index is 0.00965. The maximum atomic E-state index is 14.0. The molecule has 0 bridgehead atoms. The van der Waals surface area contributed by atoms with E-state index < -0.39 is 17.6 Å². The molecule has 0 radical (unpaired) electrons. The van der Waals surface area contributed by atoms with Crippen LogP contribution in [-0.2, 0) is 11.2 Å². The number of anilines is 2. The second-order valence-electron chi connectivity index (χ2n) is 5.93. The lowest BCUT2D eigenvalue weighted by molar-refractivity contribution is 0.0602. The zero-order valence-corrected chi connectivity index (χ0v) is 18.3. The van der Waals surface area contributed by atoms with Crippen molar-refractivity contribution in [3.05, 3.63) is 80.6 Å². The van der Waals surface area contributed by atoms with Gasteiger partial charge in [-0.25, -0.2) is 13.6 Å². The second kappa shape index (κ2) is 9.43. The number of halogens is 3. The van der Waals surface area contributed by atoms with Gasteiger partial charge >= 0.3 is 5.97 Å². The molecule has 0 aliphatic heterocycles. The first kappa shape index (κ1) is 21.4. The number of ether oxygens (including phenoxy) is 1. The van der Waals surface area contributed by atoms with E-state index in [4.69, 9.17) is 17.0 Å². The highest BCUT2D eigenvalue weighted by Crippen LogP contribution is 2.32. The number of carbonyl (C=O) groups is 1. The molecule has 0 unspecified atom stereocenters. The quantitative estimate of drug-likeness (QED) is 0.336. The van der Waals surface area contributed by atoms with Crippen LogP contribution in [0.25, 0.3) is 0 Å². The van der Waals surface area contributed by atoms with E-state index in [-0.39, 0.29) is 15.3 Å². The molecule has 0 saturated heterocycles. The van der Waals surface area contributed by atoms with Crippen LogP contribution in [0.1, 0.15) is 20.8 Å². The summed E-state index contributed by atoms with van der Waals surface area (Å²) in [4.78, 5) is 13.1. The third-order valence-corrected chi connectivity index (χ3v) is 5.76. The van der Waals surface area contributed by atoms with Crippen molar-refractivity contribution in [2.24, 2.45) is 0 Å². The van der Waals surface area contributed by atoms with Crippen LogP contribution >= 0.6 is 39.5 Å². The number of methoxy groups -OCH3 is 1. The van der Waals surface area contributed by atoms with Crippen molar-refractivity contribution in [1.82, 2.24) is 0 Å². The summed E-state index contributed by atoms with van der Waals surface area (Å²) >= 11 is 9.69. The summed E-state index contributed by atoms with van der Waals surface area (Å²) in [6.45, 7) is 0.